The predicted molar refractivity (Wildman–Crippen MR) is 146 cm³/mol. The first-order valence-corrected chi connectivity index (χ1v) is 12.8. The molecule has 2 atom stereocenters. The summed E-state index contributed by atoms with van der Waals surface area (Å²) >= 11 is 0. The Kier molecular flexibility index (Phi) is 6.27. The molecule has 5 nitrogen and oxygen atoms in total. The second kappa shape index (κ2) is 10.0. The Morgan fingerprint density at radius 3 is 2.46 bits per heavy atom. The molecule has 0 radical (unpaired) electrons. The van der Waals surface area contributed by atoms with Gasteiger partial charge >= 0.3 is 0 Å². The summed E-state index contributed by atoms with van der Waals surface area (Å²) in [5.41, 5.74) is 6.28. The van der Waals surface area contributed by atoms with Crippen molar-refractivity contribution >= 4 is 17.2 Å². The number of nitrogens with zero attached hydrogens (tertiary/aromatic N) is 1. The zero-order chi connectivity index (χ0) is 25.2. The van der Waals surface area contributed by atoms with E-state index in [4.69, 9.17) is 9.15 Å². The highest BCUT2D eigenvalue weighted by Crippen LogP contribution is 2.47. The van der Waals surface area contributed by atoms with Crippen LogP contribution in [0.15, 0.2) is 113 Å². The van der Waals surface area contributed by atoms with Crippen LogP contribution in [0.4, 0.5) is 11.4 Å². The van der Waals surface area contributed by atoms with E-state index in [1.54, 1.807) is 13.4 Å². The van der Waals surface area contributed by atoms with Gasteiger partial charge in [0.1, 0.15) is 11.5 Å². The number of ether oxygens (including phenoxy) is 1. The van der Waals surface area contributed by atoms with E-state index < -0.39 is 0 Å². The molecule has 2 aliphatic rings. The van der Waals surface area contributed by atoms with E-state index in [-0.39, 0.29) is 17.7 Å². The van der Waals surface area contributed by atoms with Crippen LogP contribution < -0.4 is 15.0 Å². The summed E-state index contributed by atoms with van der Waals surface area (Å²) in [5.74, 6) is 1.84. The fourth-order valence-electron chi connectivity index (χ4n) is 5.66. The maximum absolute atomic E-state index is 14.0. The van der Waals surface area contributed by atoms with Crippen LogP contribution in [0.5, 0.6) is 5.75 Å². The van der Waals surface area contributed by atoms with Crippen molar-refractivity contribution in [1.82, 2.24) is 0 Å². The lowest BCUT2D eigenvalue weighted by Gasteiger charge is -2.36. The molecule has 0 fully saturated rings. The van der Waals surface area contributed by atoms with Gasteiger partial charge in [0.25, 0.3) is 0 Å². The summed E-state index contributed by atoms with van der Waals surface area (Å²) in [6.45, 7) is 0.769. The normalized spacial score (nSPS) is 19.1. The molecule has 3 aromatic carbocycles. The van der Waals surface area contributed by atoms with E-state index in [1.807, 2.05) is 36.4 Å². The van der Waals surface area contributed by atoms with Gasteiger partial charge in [-0.1, -0.05) is 54.6 Å². The Balaban J connectivity index is 1.48. The maximum Gasteiger partial charge on any atom is 0.163 e. The summed E-state index contributed by atoms with van der Waals surface area (Å²) in [6.07, 6.45) is 3.71. The third kappa shape index (κ3) is 4.53. The molecule has 0 saturated carbocycles. The first-order valence-electron chi connectivity index (χ1n) is 12.8. The van der Waals surface area contributed by atoms with Gasteiger partial charge in [-0.15, -0.1) is 0 Å². The third-order valence-corrected chi connectivity index (χ3v) is 7.45. The lowest BCUT2D eigenvalue weighted by molar-refractivity contribution is -0.116. The number of carbonyl (C=O) groups excluding carboxylic acids is 1. The largest absolute Gasteiger partial charge is 0.497 e. The number of ketones is 1. The minimum Gasteiger partial charge on any atom is -0.497 e. The fourth-order valence-corrected chi connectivity index (χ4v) is 5.66. The first-order chi connectivity index (χ1) is 18.2. The van der Waals surface area contributed by atoms with Gasteiger partial charge in [-0.05, 0) is 60.4 Å². The van der Waals surface area contributed by atoms with Crippen molar-refractivity contribution in [2.24, 2.45) is 0 Å². The predicted octanol–water partition coefficient (Wildman–Crippen LogP) is 6.90. The number of benzene rings is 3. The highest BCUT2D eigenvalue weighted by Gasteiger charge is 2.39. The minimum absolute atomic E-state index is 0.0216. The second-order valence-corrected chi connectivity index (χ2v) is 9.68. The van der Waals surface area contributed by atoms with Crippen molar-refractivity contribution in [2.75, 3.05) is 23.9 Å². The zero-order valence-electron chi connectivity index (χ0n) is 20.9. The number of fused-ring (bicyclic) bond motifs is 1. The summed E-state index contributed by atoms with van der Waals surface area (Å²) in [4.78, 5) is 16.4. The van der Waals surface area contributed by atoms with Crippen LogP contribution in [0.25, 0.3) is 0 Å². The average Bonchev–Trinajstić information content (AvgIpc) is 3.44. The number of hydrogen-bond donors (Lipinski definition) is 1. The van der Waals surface area contributed by atoms with E-state index in [0.29, 0.717) is 6.42 Å². The van der Waals surface area contributed by atoms with E-state index >= 15 is 0 Å². The van der Waals surface area contributed by atoms with Crippen molar-refractivity contribution < 1.29 is 13.9 Å². The quantitative estimate of drug-likeness (QED) is 0.318. The molecule has 1 aliphatic carbocycles. The molecule has 6 rings (SSSR count). The Hall–Kier alpha value is -4.25. The van der Waals surface area contributed by atoms with Crippen LogP contribution in [0.1, 0.15) is 41.7 Å². The number of anilines is 2. The fraction of sp³-hybridized carbons (Fsp3) is 0.219. The van der Waals surface area contributed by atoms with Crippen LogP contribution >= 0.6 is 0 Å². The van der Waals surface area contributed by atoms with Gasteiger partial charge in [-0.2, -0.15) is 0 Å². The molecular formula is C32H30N2O3. The summed E-state index contributed by atoms with van der Waals surface area (Å²) < 4.78 is 11.2. The molecule has 5 heteroatoms. The van der Waals surface area contributed by atoms with Crippen LogP contribution in [0, 0.1) is 0 Å². The SMILES string of the molecule is COc1ccc(C2C3=C(CC(c4ccco4)CC3=O)Nc3ccccc3N2CCc2ccccc2)cc1. The molecule has 1 N–H and O–H groups in total. The lowest BCUT2D eigenvalue weighted by atomic mass is 9.80. The van der Waals surface area contributed by atoms with Gasteiger partial charge < -0.3 is 19.4 Å². The van der Waals surface area contributed by atoms with Crippen LogP contribution in [-0.4, -0.2) is 19.4 Å². The van der Waals surface area contributed by atoms with Crippen LogP contribution in [-0.2, 0) is 11.2 Å². The third-order valence-electron chi connectivity index (χ3n) is 7.45. The molecule has 0 saturated heterocycles. The summed E-state index contributed by atoms with van der Waals surface area (Å²) in [7, 11) is 1.67. The number of hydrogen-bond acceptors (Lipinski definition) is 5. The zero-order valence-corrected chi connectivity index (χ0v) is 20.9. The highest BCUT2D eigenvalue weighted by atomic mass is 16.5. The highest BCUT2D eigenvalue weighted by molar-refractivity contribution is 6.01. The van der Waals surface area contributed by atoms with Gasteiger partial charge in [-0.25, -0.2) is 0 Å². The van der Waals surface area contributed by atoms with E-state index in [2.05, 4.69) is 64.8 Å². The molecule has 37 heavy (non-hydrogen) atoms. The first kappa shape index (κ1) is 23.2. The Morgan fingerprint density at radius 1 is 0.919 bits per heavy atom. The molecule has 186 valence electrons. The molecule has 0 amide bonds. The topological polar surface area (TPSA) is 54.7 Å². The van der Waals surface area contributed by atoms with Gasteiger partial charge in [0.05, 0.1) is 30.8 Å². The van der Waals surface area contributed by atoms with Crippen molar-refractivity contribution in [1.29, 1.82) is 0 Å². The molecule has 2 unspecified atom stereocenters. The Morgan fingerprint density at radius 2 is 1.70 bits per heavy atom. The Labute approximate surface area is 217 Å². The summed E-state index contributed by atoms with van der Waals surface area (Å²) in [5, 5.41) is 3.68. The number of para-hydroxylation sites is 2. The standard InChI is InChI=1S/C32H30N2O3/c1-36-25-15-13-23(14-16-25)32-31-27(20-24(21-29(31)35)30-12-7-19-37-30)33-26-10-5-6-11-28(26)34(32)18-17-22-8-3-2-4-9-22/h2-16,19,24,32-33H,17-18,20-21H2,1H3. The maximum atomic E-state index is 14.0. The van der Waals surface area contributed by atoms with Crippen molar-refractivity contribution in [3.8, 4) is 5.75 Å². The van der Waals surface area contributed by atoms with E-state index in [1.165, 1.54) is 5.56 Å². The number of methoxy groups -OCH3 is 1. The van der Waals surface area contributed by atoms with E-state index in [0.717, 1.165) is 59.1 Å². The molecular weight excluding hydrogens is 460 g/mol. The number of allylic oxidation sites excluding steroid dienone is 1. The molecule has 2 heterocycles. The van der Waals surface area contributed by atoms with Gasteiger partial charge in [-0.3, -0.25) is 4.79 Å². The Bertz CT molecular complexity index is 1410. The number of nitrogens with one attached hydrogen (secondary N) is 1. The number of Topliss-reactive ketones (excluding diaryl/α,β-unsaturated/α-hetero) is 1. The minimum atomic E-state index is -0.217. The van der Waals surface area contributed by atoms with E-state index in [9.17, 15) is 4.79 Å². The molecule has 4 aromatic rings. The summed E-state index contributed by atoms with van der Waals surface area (Å²) in [6, 6.07) is 30.7. The van der Waals surface area contributed by atoms with Crippen LogP contribution in [0.3, 0.4) is 0 Å². The number of rotatable bonds is 6. The molecule has 0 bridgehead atoms. The number of carbonyl (C=O) groups is 1. The monoisotopic (exact) mass is 490 g/mol. The van der Waals surface area contributed by atoms with Crippen LogP contribution in [0.2, 0.25) is 0 Å². The molecule has 1 aromatic heterocycles. The van der Waals surface area contributed by atoms with Gasteiger partial charge in [0.15, 0.2) is 5.78 Å². The second-order valence-electron chi connectivity index (χ2n) is 9.68. The molecule has 1 aliphatic heterocycles. The van der Waals surface area contributed by atoms with Crippen molar-refractivity contribution in [3.05, 3.63) is 125 Å². The van der Waals surface area contributed by atoms with Gasteiger partial charge in [0, 0.05) is 30.2 Å². The van der Waals surface area contributed by atoms with Crippen molar-refractivity contribution in [2.45, 2.75) is 31.2 Å². The number of furan rings is 1. The smallest absolute Gasteiger partial charge is 0.163 e. The molecule has 0 spiro atoms. The van der Waals surface area contributed by atoms with Crippen molar-refractivity contribution in [3.63, 3.8) is 0 Å². The lowest BCUT2D eigenvalue weighted by Crippen LogP contribution is -2.35. The van der Waals surface area contributed by atoms with Gasteiger partial charge in [0.2, 0.25) is 0 Å². The average molecular weight is 491 g/mol.